The molecule has 130 valence electrons. The number of benzene rings is 2. The Morgan fingerprint density at radius 3 is 2.56 bits per heavy atom. The molecule has 0 aromatic heterocycles. The lowest BCUT2D eigenvalue weighted by Gasteiger charge is -2.36. The van der Waals surface area contributed by atoms with E-state index in [9.17, 15) is 9.90 Å². The summed E-state index contributed by atoms with van der Waals surface area (Å²) in [6.07, 6.45) is 0.689. The maximum atomic E-state index is 13.4. The first-order valence-corrected chi connectivity index (χ1v) is 8.52. The minimum Gasteiger partial charge on any atom is -0.502 e. The second-order valence-electron chi connectivity index (χ2n) is 7.45. The van der Waals surface area contributed by atoms with Crippen molar-refractivity contribution in [3.05, 3.63) is 52.6 Å². The maximum absolute atomic E-state index is 13.4. The van der Waals surface area contributed by atoms with Crippen molar-refractivity contribution in [2.45, 2.75) is 31.6 Å². The average Bonchev–Trinajstić information content (AvgIpc) is 2.83. The van der Waals surface area contributed by atoms with E-state index in [1.54, 1.807) is 6.07 Å². The highest BCUT2D eigenvalue weighted by molar-refractivity contribution is 6.06. The number of aromatic hydroxyl groups is 1. The molecule has 2 aliphatic rings. The van der Waals surface area contributed by atoms with Crippen molar-refractivity contribution in [3.63, 3.8) is 0 Å². The number of methoxy groups -OCH3 is 2. The van der Waals surface area contributed by atoms with Gasteiger partial charge in [-0.1, -0.05) is 38.1 Å². The highest BCUT2D eigenvalue weighted by Gasteiger charge is 2.52. The minimum absolute atomic E-state index is 0.0386. The van der Waals surface area contributed by atoms with Gasteiger partial charge in [0.05, 0.1) is 20.1 Å². The second-order valence-corrected chi connectivity index (χ2v) is 7.45. The average molecular weight is 338 g/mol. The van der Waals surface area contributed by atoms with Gasteiger partial charge in [-0.05, 0) is 34.9 Å². The minimum atomic E-state index is -0.155. The molecule has 2 aromatic carbocycles. The smallest absolute Gasteiger partial charge is 0.201 e. The predicted molar refractivity (Wildman–Crippen MR) is 94.9 cm³/mol. The van der Waals surface area contributed by atoms with Crippen LogP contribution in [0.5, 0.6) is 17.2 Å². The van der Waals surface area contributed by atoms with Crippen LogP contribution in [-0.4, -0.2) is 25.1 Å². The van der Waals surface area contributed by atoms with Gasteiger partial charge >= 0.3 is 0 Å². The van der Waals surface area contributed by atoms with Gasteiger partial charge in [0.2, 0.25) is 5.75 Å². The van der Waals surface area contributed by atoms with Crippen molar-refractivity contribution >= 4 is 5.78 Å². The Hall–Kier alpha value is -2.49. The molecule has 0 fully saturated rings. The summed E-state index contributed by atoms with van der Waals surface area (Å²) >= 11 is 0. The fraction of sp³-hybridized carbons (Fsp3) is 0.381. The highest BCUT2D eigenvalue weighted by Crippen LogP contribution is 2.57. The van der Waals surface area contributed by atoms with E-state index < -0.39 is 0 Å². The van der Waals surface area contributed by atoms with E-state index in [4.69, 9.17) is 9.47 Å². The lowest BCUT2D eigenvalue weighted by Crippen LogP contribution is -2.35. The SMILES string of the molecule is COc1cc2c(c(OC)c1O)C[C@@H]1[C@@H](C2=O)c2ccccc2C1(C)C. The summed E-state index contributed by atoms with van der Waals surface area (Å²) in [4.78, 5) is 13.4. The monoisotopic (exact) mass is 338 g/mol. The molecular weight excluding hydrogens is 316 g/mol. The lowest BCUT2D eigenvalue weighted by atomic mass is 9.67. The summed E-state index contributed by atoms with van der Waals surface area (Å²) in [6.45, 7) is 4.40. The molecule has 4 rings (SSSR count). The van der Waals surface area contributed by atoms with Crippen molar-refractivity contribution in [3.8, 4) is 17.2 Å². The Balaban J connectivity index is 1.96. The van der Waals surface area contributed by atoms with E-state index in [0.29, 0.717) is 17.7 Å². The molecule has 0 spiro atoms. The first-order chi connectivity index (χ1) is 11.9. The number of hydrogen-bond donors (Lipinski definition) is 1. The Kier molecular flexibility index (Phi) is 3.36. The molecule has 4 heteroatoms. The van der Waals surface area contributed by atoms with Crippen LogP contribution in [-0.2, 0) is 11.8 Å². The molecule has 2 aromatic rings. The zero-order chi connectivity index (χ0) is 17.9. The fourth-order valence-electron chi connectivity index (χ4n) is 4.73. The van der Waals surface area contributed by atoms with Crippen molar-refractivity contribution in [2.75, 3.05) is 14.2 Å². The van der Waals surface area contributed by atoms with Gasteiger partial charge in [0.15, 0.2) is 17.3 Å². The van der Waals surface area contributed by atoms with E-state index in [0.717, 1.165) is 11.1 Å². The Morgan fingerprint density at radius 1 is 1.16 bits per heavy atom. The lowest BCUT2D eigenvalue weighted by molar-refractivity contribution is 0.0896. The van der Waals surface area contributed by atoms with Gasteiger partial charge in [0.1, 0.15) is 0 Å². The zero-order valence-electron chi connectivity index (χ0n) is 14.9. The van der Waals surface area contributed by atoms with Crippen LogP contribution in [0.2, 0.25) is 0 Å². The fourth-order valence-corrected chi connectivity index (χ4v) is 4.73. The number of phenols is 1. The molecule has 4 nitrogen and oxygen atoms in total. The van der Waals surface area contributed by atoms with Crippen LogP contribution in [0.15, 0.2) is 30.3 Å². The standard InChI is InChI=1S/C21H22O4/c1-21(2)14-8-6-5-7-11(14)17-15(21)9-13-12(18(17)22)10-16(24-3)19(23)20(13)25-4/h5-8,10,15,17,23H,9H2,1-4H3/t15-,17+/m1/s1. The summed E-state index contributed by atoms with van der Waals surface area (Å²) in [6, 6.07) is 9.88. The van der Waals surface area contributed by atoms with E-state index in [1.165, 1.54) is 19.8 Å². The van der Waals surface area contributed by atoms with E-state index in [1.807, 2.05) is 12.1 Å². The number of fused-ring (bicyclic) bond motifs is 4. The summed E-state index contributed by atoms with van der Waals surface area (Å²) < 4.78 is 10.7. The summed E-state index contributed by atoms with van der Waals surface area (Å²) in [5.41, 5.74) is 3.63. The van der Waals surface area contributed by atoms with E-state index in [2.05, 4.69) is 26.0 Å². The summed E-state index contributed by atoms with van der Waals surface area (Å²) in [5.74, 6) is 0.661. The summed E-state index contributed by atoms with van der Waals surface area (Å²) in [5, 5.41) is 10.4. The molecule has 0 heterocycles. The Bertz CT molecular complexity index is 882. The number of hydrogen-bond acceptors (Lipinski definition) is 4. The van der Waals surface area contributed by atoms with Gasteiger partial charge in [-0.2, -0.15) is 0 Å². The van der Waals surface area contributed by atoms with Gasteiger partial charge in [-0.25, -0.2) is 0 Å². The molecule has 0 radical (unpaired) electrons. The topological polar surface area (TPSA) is 55.8 Å². The van der Waals surface area contributed by atoms with Gasteiger partial charge in [0, 0.05) is 11.1 Å². The first kappa shape index (κ1) is 16.0. The molecular formula is C21H22O4. The molecule has 0 bridgehead atoms. The third-order valence-corrected chi connectivity index (χ3v) is 6.04. The van der Waals surface area contributed by atoms with Crippen LogP contribution in [0.1, 0.15) is 46.8 Å². The quantitative estimate of drug-likeness (QED) is 0.904. The van der Waals surface area contributed by atoms with Crippen LogP contribution >= 0.6 is 0 Å². The zero-order valence-corrected chi connectivity index (χ0v) is 14.9. The van der Waals surface area contributed by atoms with Crippen LogP contribution in [0.4, 0.5) is 0 Å². The number of ketones is 1. The van der Waals surface area contributed by atoms with Crippen molar-refractivity contribution in [2.24, 2.45) is 5.92 Å². The van der Waals surface area contributed by atoms with Gasteiger partial charge in [0.25, 0.3) is 0 Å². The number of Topliss-reactive ketones (excluding diaryl/α,β-unsaturated/α-hetero) is 1. The third kappa shape index (κ3) is 1.97. The normalized spacial score (nSPS) is 22.8. The molecule has 0 unspecified atom stereocenters. The number of rotatable bonds is 2. The molecule has 1 N–H and O–H groups in total. The number of carbonyl (C=O) groups excluding carboxylic acids is 1. The van der Waals surface area contributed by atoms with Crippen LogP contribution in [0.3, 0.4) is 0 Å². The van der Waals surface area contributed by atoms with Crippen molar-refractivity contribution < 1.29 is 19.4 Å². The van der Waals surface area contributed by atoms with Crippen LogP contribution < -0.4 is 9.47 Å². The van der Waals surface area contributed by atoms with Gasteiger partial charge in [-0.3, -0.25) is 4.79 Å². The number of carbonyl (C=O) groups is 1. The molecule has 0 aliphatic heterocycles. The van der Waals surface area contributed by atoms with Crippen LogP contribution in [0.25, 0.3) is 0 Å². The predicted octanol–water partition coefficient (Wildman–Crippen LogP) is 3.84. The largest absolute Gasteiger partial charge is 0.502 e. The molecule has 0 amide bonds. The van der Waals surface area contributed by atoms with E-state index >= 15 is 0 Å². The van der Waals surface area contributed by atoms with Gasteiger partial charge in [-0.15, -0.1) is 0 Å². The highest BCUT2D eigenvalue weighted by atomic mass is 16.5. The maximum Gasteiger partial charge on any atom is 0.201 e. The Morgan fingerprint density at radius 2 is 1.88 bits per heavy atom. The van der Waals surface area contributed by atoms with E-state index in [-0.39, 0.29) is 34.5 Å². The van der Waals surface area contributed by atoms with Crippen molar-refractivity contribution in [1.82, 2.24) is 0 Å². The van der Waals surface area contributed by atoms with Crippen molar-refractivity contribution in [1.29, 1.82) is 0 Å². The molecule has 25 heavy (non-hydrogen) atoms. The van der Waals surface area contributed by atoms with Gasteiger partial charge < -0.3 is 14.6 Å². The summed E-state index contributed by atoms with van der Waals surface area (Å²) in [7, 11) is 2.99. The molecule has 2 atom stereocenters. The molecule has 2 aliphatic carbocycles. The molecule has 0 saturated carbocycles. The second kappa shape index (κ2) is 5.25. The Labute approximate surface area is 147 Å². The molecule has 0 saturated heterocycles. The number of phenolic OH excluding ortho intramolecular Hbond substituents is 1. The van der Waals surface area contributed by atoms with Crippen LogP contribution in [0, 0.1) is 5.92 Å². The third-order valence-electron chi connectivity index (χ3n) is 6.04. The number of ether oxygens (including phenoxy) is 2. The first-order valence-electron chi connectivity index (χ1n) is 8.52.